The summed E-state index contributed by atoms with van der Waals surface area (Å²) in [6, 6.07) is 22.6. The number of nitrogens with zero attached hydrogens (tertiary/aromatic N) is 2. The fourth-order valence-electron chi connectivity index (χ4n) is 4.53. The molecule has 0 aliphatic carbocycles. The van der Waals surface area contributed by atoms with Crippen molar-refractivity contribution in [3.8, 4) is 5.75 Å². The summed E-state index contributed by atoms with van der Waals surface area (Å²) in [5.74, 6) is -0.288. The molecule has 6 rings (SSSR count). The molecule has 5 aromatic rings. The smallest absolute Gasteiger partial charge is 0.283 e. The number of aromatic nitrogens is 2. The van der Waals surface area contributed by atoms with E-state index in [1.165, 1.54) is 6.21 Å². The van der Waals surface area contributed by atoms with E-state index in [9.17, 15) is 9.59 Å². The molecule has 0 unspecified atom stereocenters. The number of fused-ring (bicyclic) bond motifs is 2. The van der Waals surface area contributed by atoms with Crippen molar-refractivity contribution in [2.45, 2.75) is 0 Å². The molecule has 7 nitrogen and oxygen atoms in total. The molecule has 3 heterocycles. The van der Waals surface area contributed by atoms with Gasteiger partial charge in [0.05, 0.1) is 24.5 Å². The first-order valence-electron chi connectivity index (χ1n) is 11.1. The van der Waals surface area contributed by atoms with Gasteiger partial charge >= 0.3 is 0 Å². The molecule has 0 bridgehead atoms. The molecule has 1 aliphatic rings. The number of hydrogen-bond acceptors (Lipinski definition) is 4. The van der Waals surface area contributed by atoms with Crippen LogP contribution in [0.25, 0.3) is 33.0 Å². The van der Waals surface area contributed by atoms with Crippen LogP contribution in [0.15, 0.2) is 90.3 Å². The van der Waals surface area contributed by atoms with Crippen molar-refractivity contribution in [1.29, 1.82) is 0 Å². The number of rotatable bonds is 5. The van der Waals surface area contributed by atoms with Gasteiger partial charge in [0.1, 0.15) is 5.75 Å². The number of hydrogen-bond donors (Lipinski definition) is 2. The number of carbonyl (C=O) groups is 2. The Balaban J connectivity index is 1.52. The van der Waals surface area contributed by atoms with E-state index in [4.69, 9.17) is 4.74 Å². The molecule has 0 saturated carbocycles. The fourth-order valence-corrected chi connectivity index (χ4v) is 4.53. The van der Waals surface area contributed by atoms with E-state index < -0.39 is 11.8 Å². The summed E-state index contributed by atoms with van der Waals surface area (Å²) in [5.41, 5.74) is 4.44. The SMILES string of the molecule is COc1cccc(/C=N/N2C(=O)C(c3c[nH]c4ccccc34)=C(c3c[nH]c4ccccc34)C2=O)c1. The van der Waals surface area contributed by atoms with Crippen LogP contribution >= 0.6 is 0 Å². The van der Waals surface area contributed by atoms with Gasteiger partial charge in [-0.05, 0) is 29.8 Å². The van der Waals surface area contributed by atoms with Crippen molar-refractivity contribution in [3.05, 3.63) is 102 Å². The third-order valence-electron chi connectivity index (χ3n) is 6.20. The minimum atomic E-state index is -0.473. The Morgan fingerprint density at radius 3 is 1.91 bits per heavy atom. The number of para-hydroxylation sites is 2. The molecule has 0 radical (unpaired) electrons. The van der Waals surface area contributed by atoms with Gasteiger partial charge in [-0.15, -0.1) is 0 Å². The van der Waals surface area contributed by atoms with Gasteiger partial charge in [-0.3, -0.25) is 9.59 Å². The highest BCUT2D eigenvalue weighted by Crippen LogP contribution is 2.40. The zero-order chi connectivity index (χ0) is 23.9. The highest BCUT2D eigenvalue weighted by molar-refractivity contribution is 6.50. The quantitative estimate of drug-likeness (QED) is 0.287. The molecule has 0 saturated heterocycles. The number of methoxy groups -OCH3 is 1. The lowest BCUT2D eigenvalue weighted by Gasteiger charge is -2.08. The normalized spacial score (nSPS) is 14.3. The maximum atomic E-state index is 13.7. The molecule has 0 fully saturated rings. The molecule has 2 N–H and O–H groups in total. The molecule has 0 atom stereocenters. The summed E-state index contributed by atoms with van der Waals surface area (Å²) in [6.07, 6.45) is 5.04. The predicted octanol–water partition coefficient (Wildman–Crippen LogP) is 4.97. The van der Waals surface area contributed by atoms with Gasteiger partial charge in [0, 0.05) is 45.3 Å². The van der Waals surface area contributed by atoms with Crippen LogP contribution in [0.3, 0.4) is 0 Å². The third-order valence-corrected chi connectivity index (χ3v) is 6.20. The van der Waals surface area contributed by atoms with Crippen LogP contribution in [-0.4, -0.2) is 40.1 Å². The van der Waals surface area contributed by atoms with E-state index in [0.29, 0.717) is 33.6 Å². The van der Waals surface area contributed by atoms with Crippen molar-refractivity contribution < 1.29 is 14.3 Å². The Bertz CT molecular complexity index is 1590. The van der Waals surface area contributed by atoms with Gasteiger partial charge < -0.3 is 14.7 Å². The standard InChI is InChI=1S/C28H20N4O3/c1-35-18-8-6-7-17(13-18)14-31-32-27(33)25(21-15-29-23-11-4-2-9-19(21)23)26(28(32)34)22-16-30-24-12-5-3-10-20(22)24/h2-16,29-30H,1H3/b31-14+. The zero-order valence-corrected chi connectivity index (χ0v) is 18.8. The van der Waals surface area contributed by atoms with Gasteiger partial charge in [-0.1, -0.05) is 48.5 Å². The van der Waals surface area contributed by atoms with Crippen LogP contribution in [0.5, 0.6) is 5.75 Å². The van der Waals surface area contributed by atoms with E-state index >= 15 is 0 Å². The van der Waals surface area contributed by atoms with Gasteiger partial charge in [0.2, 0.25) is 0 Å². The van der Waals surface area contributed by atoms with E-state index in [1.54, 1.807) is 25.6 Å². The van der Waals surface area contributed by atoms with Crippen molar-refractivity contribution >= 4 is 51.0 Å². The average Bonchev–Trinajstić information content (AvgIpc) is 3.57. The Kier molecular flexibility index (Phi) is 4.81. The van der Waals surface area contributed by atoms with E-state index in [1.807, 2.05) is 66.7 Å². The molecule has 35 heavy (non-hydrogen) atoms. The maximum absolute atomic E-state index is 13.7. The van der Waals surface area contributed by atoms with Crippen molar-refractivity contribution in [3.63, 3.8) is 0 Å². The summed E-state index contributed by atoms with van der Waals surface area (Å²) in [4.78, 5) is 33.9. The van der Waals surface area contributed by atoms with Gasteiger partial charge in [0.15, 0.2) is 0 Å². The topological polar surface area (TPSA) is 90.5 Å². The molecule has 7 heteroatoms. The van der Waals surface area contributed by atoms with Crippen LogP contribution < -0.4 is 4.74 Å². The number of hydrazone groups is 1. The van der Waals surface area contributed by atoms with Crippen LogP contribution in [0, 0.1) is 0 Å². The lowest BCUT2D eigenvalue weighted by Crippen LogP contribution is -2.26. The van der Waals surface area contributed by atoms with Crippen LogP contribution in [0.2, 0.25) is 0 Å². The number of aromatic amines is 2. The number of carbonyl (C=O) groups excluding carboxylic acids is 2. The first-order chi connectivity index (χ1) is 17.2. The molecule has 2 amide bonds. The second-order valence-electron chi connectivity index (χ2n) is 8.19. The lowest BCUT2D eigenvalue weighted by molar-refractivity contribution is -0.135. The number of H-pyrrole nitrogens is 2. The van der Waals surface area contributed by atoms with E-state index in [0.717, 1.165) is 26.8 Å². The van der Waals surface area contributed by atoms with Crippen LogP contribution in [0.4, 0.5) is 0 Å². The first kappa shape index (κ1) is 20.7. The largest absolute Gasteiger partial charge is 0.497 e. The summed E-state index contributed by atoms with van der Waals surface area (Å²) in [5, 5.41) is 6.96. The Morgan fingerprint density at radius 1 is 0.771 bits per heavy atom. The van der Waals surface area contributed by atoms with Gasteiger partial charge in [-0.25, -0.2) is 0 Å². The first-order valence-corrected chi connectivity index (χ1v) is 11.1. The summed E-state index contributed by atoms with van der Waals surface area (Å²) >= 11 is 0. The van der Waals surface area contributed by atoms with Crippen LogP contribution in [-0.2, 0) is 9.59 Å². The second-order valence-corrected chi connectivity index (χ2v) is 8.19. The fraction of sp³-hybridized carbons (Fsp3) is 0.0357. The Hall–Kier alpha value is -4.91. The summed E-state index contributed by atoms with van der Waals surface area (Å²) < 4.78 is 5.26. The Labute approximate surface area is 200 Å². The highest BCUT2D eigenvalue weighted by Gasteiger charge is 2.41. The molecular formula is C28H20N4O3. The van der Waals surface area contributed by atoms with Crippen molar-refractivity contribution in [2.24, 2.45) is 5.10 Å². The summed E-state index contributed by atoms with van der Waals surface area (Å²) in [7, 11) is 1.58. The number of imide groups is 1. The average molecular weight is 460 g/mol. The predicted molar refractivity (Wildman–Crippen MR) is 136 cm³/mol. The Morgan fingerprint density at radius 2 is 1.34 bits per heavy atom. The number of amides is 2. The van der Waals surface area contributed by atoms with E-state index in [-0.39, 0.29) is 0 Å². The minimum absolute atomic E-state index is 0.319. The molecule has 3 aromatic carbocycles. The monoisotopic (exact) mass is 460 g/mol. The molecule has 0 spiro atoms. The number of benzene rings is 3. The van der Waals surface area contributed by atoms with Crippen LogP contribution in [0.1, 0.15) is 16.7 Å². The molecule has 170 valence electrons. The number of nitrogens with one attached hydrogen (secondary N) is 2. The molecule has 2 aromatic heterocycles. The zero-order valence-electron chi connectivity index (χ0n) is 18.8. The summed E-state index contributed by atoms with van der Waals surface area (Å²) in [6.45, 7) is 0. The van der Waals surface area contributed by atoms with E-state index in [2.05, 4.69) is 15.1 Å². The second kappa shape index (κ2) is 8.14. The van der Waals surface area contributed by atoms with Gasteiger partial charge in [0.25, 0.3) is 11.8 Å². The third kappa shape index (κ3) is 3.33. The highest BCUT2D eigenvalue weighted by atomic mass is 16.5. The van der Waals surface area contributed by atoms with Gasteiger partial charge in [-0.2, -0.15) is 10.1 Å². The lowest BCUT2D eigenvalue weighted by atomic mass is 9.95. The number of ether oxygens (including phenoxy) is 1. The maximum Gasteiger partial charge on any atom is 0.283 e. The molecule has 1 aliphatic heterocycles. The van der Waals surface area contributed by atoms with Crippen molar-refractivity contribution in [1.82, 2.24) is 15.0 Å². The minimum Gasteiger partial charge on any atom is -0.497 e. The molecular weight excluding hydrogens is 440 g/mol. The van der Waals surface area contributed by atoms with Crippen molar-refractivity contribution in [2.75, 3.05) is 7.11 Å².